The van der Waals surface area contributed by atoms with Crippen molar-refractivity contribution in [3.63, 3.8) is 0 Å². The van der Waals surface area contributed by atoms with Gasteiger partial charge in [0.2, 0.25) is 10.0 Å². The largest absolute Gasteiger partial charge is 0.497 e. The maximum Gasteiger partial charge on any atom is 0.416 e. The normalized spacial score (nSPS) is 18.6. The van der Waals surface area contributed by atoms with E-state index in [0.717, 1.165) is 9.99 Å². The number of hydrogen-bond donors (Lipinski definition) is 0. The maximum absolute atomic E-state index is 13.1. The van der Waals surface area contributed by atoms with Crippen LogP contribution in [0.3, 0.4) is 0 Å². The molecule has 12 heteroatoms. The number of halogens is 6. The number of piperazine rings is 1. The van der Waals surface area contributed by atoms with Crippen LogP contribution in [-0.2, 0) is 22.4 Å². The summed E-state index contributed by atoms with van der Waals surface area (Å²) in [6, 6.07) is 7.03. The van der Waals surface area contributed by atoms with Gasteiger partial charge in [-0.15, -0.1) is 0 Å². The molecule has 0 aromatic heterocycles. The number of alkyl halides is 6. The van der Waals surface area contributed by atoms with Gasteiger partial charge in [0.25, 0.3) is 0 Å². The summed E-state index contributed by atoms with van der Waals surface area (Å²) in [5.74, 6) is 0.632. The summed E-state index contributed by atoms with van der Waals surface area (Å²) in [6.45, 7) is 1.72. The number of sulfonamides is 1. The molecule has 0 aliphatic carbocycles. The van der Waals surface area contributed by atoms with Gasteiger partial charge in [-0.25, -0.2) is 8.42 Å². The van der Waals surface area contributed by atoms with Gasteiger partial charge in [-0.1, -0.05) is 0 Å². The molecule has 1 atom stereocenters. The Morgan fingerprint density at radius 2 is 1.44 bits per heavy atom. The van der Waals surface area contributed by atoms with Crippen molar-refractivity contribution in [1.29, 1.82) is 0 Å². The van der Waals surface area contributed by atoms with E-state index in [-0.39, 0.29) is 43.9 Å². The average molecular weight is 482 g/mol. The molecule has 3 rings (SSSR count). The molecule has 2 aromatic carbocycles. The fraction of sp³-hybridized carbons (Fsp3) is 0.400. The lowest BCUT2D eigenvalue weighted by molar-refractivity contribution is -0.143. The molecule has 1 aliphatic rings. The molecular formula is C20H20F6N2O3S. The highest BCUT2D eigenvalue weighted by atomic mass is 32.2. The fourth-order valence-corrected chi connectivity index (χ4v) is 5.11. The van der Waals surface area contributed by atoms with E-state index < -0.39 is 38.4 Å². The molecule has 32 heavy (non-hydrogen) atoms. The summed E-state index contributed by atoms with van der Waals surface area (Å²) in [6.07, 6.45) is -10.3. The number of anilines is 1. The SMILES string of the molecule is COc1ccc(N2CCN(S(=O)(=O)c3cc(C(F)(F)F)cc(C(F)(F)F)c3)CC2C)cc1. The van der Waals surface area contributed by atoms with Gasteiger partial charge >= 0.3 is 12.4 Å². The maximum atomic E-state index is 13.1. The summed E-state index contributed by atoms with van der Waals surface area (Å²) in [4.78, 5) is 0.864. The number of hydrogen-bond acceptors (Lipinski definition) is 4. The van der Waals surface area contributed by atoms with Crippen molar-refractivity contribution < 1.29 is 39.5 Å². The van der Waals surface area contributed by atoms with Gasteiger partial charge < -0.3 is 9.64 Å². The lowest BCUT2D eigenvalue weighted by Gasteiger charge is -2.40. The van der Waals surface area contributed by atoms with Gasteiger partial charge in [-0.2, -0.15) is 30.6 Å². The van der Waals surface area contributed by atoms with Crippen LogP contribution in [0.2, 0.25) is 0 Å². The third-order valence-corrected chi connectivity index (χ3v) is 7.04. The Morgan fingerprint density at radius 3 is 1.88 bits per heavy atom. The Morgan fingerprint density at radius 1 is 0.906 bits per heavy atom. The van der Waals surface area contributed by atoms with Crippen LogP contribution in [0.25, 0.3) is 0 Å². The molecular weight excluding hydrogens is 462 g/mol. The van der Waals surface area contributed by atoms with Crippen LogP contribution in [-0.4, -0.2) is 45.5 Å². The molecule has 0 bridgehead atoms. The minimum absolute atomic E-state index is 0.0940. The van der Waals surface area contributed by atoms with E-state index in [1.54, 1.807) is 31.2 Å². The monoisotopic (exact) mass is 482 g/mol. The minimum Gasteiger partial charge on any atom is -0.497 e. The first-order valence-electron chi connectivity index (χ1n) is 9.44. The van der Waals surface area contributed by atoms with Gasteiger partial charge in [0.1, 0.15) is 5.75 Å². The van der Waals surface area contributed by atoms with Crippen LogP contribution in [0.1, 0.15) is 18.1 Å². The highest BCUT2D eigenvalue weighted by Gasteiger charge is 2.40. The summed E-state index contributed by atoms with van der Waals surface area (Å²) >= 11 is 0. The Bertz CT molecular complexity index is 1040. The number of benzene rings is 2. The van der Waals surface area contributed by atoms with E-state index in [4.69, 9.17) is 4.74 Å². The van der Waals surface area contributed by atoms with Gasteiger partial charge in [-0.05, 0) is 49.4 Å². The first-order chi connectivity index (χ1) is 14.7. The number of ether oxygens (including phenoxy) is 1. The van der Waals surface area contributed by atoms with E-state index >= 15 is 0 Å². The van der Waals surface area contributed by atoms with Crippen LogP contribution in [0.15, 0.2) is 47.4 Å². The molecule has 1 saturated heterocycles. The topological polar surface area (TPSA) is 49.9 Å². The second-order valence-electron chi connectivity index (χ2n) is 7.35. The zero-order chi connectivity index (χ0) is 23.9. The molecule has 1 aliphatic heterocycles. The highest BCUT2D eigenvalue weighted by molar-refractivity contribution is 7.89. The van der Waals surface area contributed by atoms with Crippen LogP contribution in [0.5, 0.6) is 5.75 Å². The second kappa shape index (κ2) is 8.47. The van der Waals surface area contributed by atoms with E-state index in [1.807, 2.05) is 4.90 Å². The summed E-state index contributed by atoms with van der Waals surface area (Å²) in [7, 11) is -3.08. The summed E-state index contributed by atoms with van der Waals surface area (Å²) in [5, 5.41) is 0. The molecule has 0 N–H and O–H groups in total. The average Bonchev–Trinajstić information content (AvgIpc) is 2.72. The van der Waals surface area contributed by atoms with Crippen molar-refractivity contribution in [3.8, 4) is 5.75 Å². The zero-order valence-electron chi connectivity index (χ0n) is 17.0. The Labute approximate surface area is 181 Å². The van der Waals surface area contributed by atoms with Crippen molar-refractivity contribution in [2.24, 2.45) is 0 Å². The molecule has 1 fully saturated rings. The molecule has 2 aromatic rings. The van der Waals surface area contributed by atoms with Crippen LogP contribution < -0.4 is 9.64 Å². The lowest BCUT2D eigenvalue weighted by Crippen LogP contribution is -2.53. The van der Waals surface area contributed by atoms with E-state index in [0.29, 0.717) is 5.75 Å². The molecule has 0 amide bonds. The fourth-order valence-electron chi connectivity index (χ4n) is 3.52. The number of nitrogens with zero attached hydrogens (tertiary/aromatic N) is 2. The van der Waals surface area contributed by atoms with Crippen molar-refractivity contribution in [3.05, 3.63) is 53.6 Å². The van der Waals surface area contributed by atoms with Gasteiger partial charge in [0.05, 0.1) is 23.1 Å². The van der Waals surface area contributed by atoms with Crippen molar-refractivity contribution in [2.75, 3.05) is 31.6 Å². The highest BCUT2D eigenvalue weighted by Crippen LogP contribution is 2.38. The van der Waals surface area contributed by atoms with Crippen molar-refractivity contribution >= 4 is 15.7 Å². The van der Waals surface area contributed by atoms with Crippen molar-refractivity contribution in [1.82, 2.24) is 4.31 Å². The van der Waals surface area contributed by atoms with E-state index in [9.17, 15) is 34.8 Å². The molecule has 176 valence electrons. The van der Waals surface area contributed by atoms with Crippen molar-refractivity contribution in [2.45, 2.75) is 30.2 Å². The lowest BCUT2D eigenvalue weighted by atomic mass is 10.1. The smallest absolute Gasteiger partial charge is 0.416 e. The van der Waals surface area contributed by atoms with Gasteiger partial charge in [0, 0.05) is 31.4 Å². The van der Waals surface area contributed by atoms with Crippen LogP contribution in [0, 0.1) is 0 Å². The van der Waals surface area contributed by atoms with Gasteiger partial charge in [-0.3, -0.25) is 0 Å². The molecule has 5 nitrogen and oxygen atoms in total. The number of rotatable bonds is 4. The Balaban J connectivity index is 1.90. The third kappa shape index (κ3) is 4.96. The molecule has 1 heterocycles. The first-order valence-corrected chi connectivity index (χ1v) is 10.9. The van der Waals surface area contributed by atoms with Crippen LogP contribution >= 0.6 is 0 Å². The van der Waals surface area contributed by atoms with E-state index in [2.05, 4.69) is 0 Å². The van der Waals surface area contributed by atoms with Crippen LogP contribution in [0.4, 0.5) is 32.0 Å². The number of methoxy groups -OCH3 is 1. The second-order valence-corrected chi connectivity index (χ2v) is 9.28. The predicted molar refractivity (Wildman–Crippen MR) is 105 cm³/mol. The Hall–Kier alpha value is -2.47. The first kappa shape index (κ1) is 24.2. The summed E-state index contributed by atoms with van der Waals surface area (Å²) in [5.41, 5.74) is -2.56. The van der Waals surface area contributed by atoms with Gasteiger partial charge in [0.15, 0.2) is 0 Å². The standard InChI is InChI=1S/C20H20F6N2O3S/c1-13-12-27(7-8-28(13)16-3-5-17(31-2)6-4-16)32(29,30)18-10-14(19(21,22)23)9-15(11-18)20(24,25)26/h3-6,9-11,13H,7-8,12H2,1-2H3. The Kier molecular flexibility index (Phi) is 6.40. The zero-order valence-corrected chi connectivity index (χ0v) is 17.9. The third-order valence-electron chi connectivity index (χ3n) is 5.19. The minimum atomic E-state index is -5.13. The van der Waals surface area contributed by atoms with E-state index in [1.165, 1.54) is 7.11 Å². The molecule has 0 spiro atoms. The predicted octanol–water partition coefficient (Wildman–Crippen LogP) is 4.63. The molecule has 0 saturated carbocycles. The quantitative estimate of drug-likeness (QED) is 0.597. The molecule has 0 radical (unpaired) electrons. The molecule has 1 unspecified atom stereocenters. The summed E-state index contributed by atoms with van der Waals surface area (Å²) < 4.78 is 111.